The number of nitrogens with zero attached hydrogens (tertiary/aromatic N) is 1. The molecule has 0 saturated heterocycles. The zero-order chi connectivity index (χ0) is 15.5. The van der Waals surface area contributed by atoms with Gasteiger partial charge in [-0.05, 0) is 46.3 Å². The topological polar surface area (TPSA) is 57.8 Å². The molecule has 0 aliphatic carbocycles. The maximum absolute atomic E-state index is 12.2. The molecule has 0 saturated carbocycles. The lowest BCUT2D eigenvalue weighted by Gasteiger charge is -2.05. The smallest absolute Gasteiger partial charge is 0.273 e. The van der Waals surface area contributed by atoms with Crippen LogP contribution in [0.2, 0.25) is 5.02 Å². The Morgan fingerprint density at radius 1 is 1.14 bits per heavy atom. The molecule has 22 heavy (non-hydrogen) atoms. The van der Waals surface area contributed by atoms with Crippen molar-refractivity contribution in [1.29, 1.82) is 0 Å². The van der Waals surface area contributed by atoms with Crippen molar-refractivity contribution in [2.45, 2.75) is 0 Å². The maximum Gasteiger partial charge on any atom is 0.273 e. The van der Waals surface area contributed by atoms with Crippen molar-refractivity contribution in [2.75, 3.05) is 5.32 Å². The second-order valence-electron chi connectivity index (χ2n) is 4.61. The molecule has 1 aromatic heterocycles. The van der Waals surface area contributed by atoms with Crippen molar-refractivity contribution in [3.63, 3.8) is 0 Å². The number of benzene rings is 2. The van der Waals surface area contributed by atoms with Gasteiger partial charge in [0.05, 0.1) is 11.4 Å². The average molecular weight is 377 g/mol. The molecule has 3 rings (SSSR count). The van der Waals surface area contributed by atoms with Gasteiger partial charge in [0.2, 0.25) is 0 Å². The van der Waals surface area contributed by atoms with Crippen molar-refractivity contribution in [3.8, 4) is 11.3 Å². The lowest BCUT2D eigenvalue weighted by Crippen LogP contribution is -2.12. The van der Waals surface area contributed by atoms with Crippen molar-refractivity contribution < 1.29 is 4.79 Å². The van der Waals surface area contributed by atoms with E-state index in [-0.39, 0.29) is 5.91 Å². The molecule has 2 N–H and O–H groups in total. The van der Waals surface area contributed by atoms with E-state index in [2.05, 4.69) is 31.4 Å². The van der Waals surface area contributed by atoms with Crippen molar-refractivity contribution >= 4 is 39.1 Å². The van der Waals surface area contributed by atoms with E-state index in [0.717, 1.165) is 10.0 Å². The highest BCUT2D eigenvalue weighted by Gasteiger charge is 2.12. The lowest BCUT2D eigenvalue weighted by molar-refractivity contribution is 0.102. The normalized spacial score (nSPS) is 10.5. The van der Waals surface area contributed by atoms with Crippen LogP contribution in [0.25, 0.3) is 11.3 Å². The summed E-state index contributed by atoms with van der Waals surface area (Å²) in [5, 5.41) is 10.4. The quantitative estimate of drug-likeness (QED) is 0.693. The summed E-state index contributed by atoms with van der Waals surface area (Å²) in [6.07, 6.45) is 0. The van der Waals surface area contributed by atoms with Crippen LogP contribution in [0.5, 0.6) is 0 Å². The Bertz CT molecular complexity index is 814. The SMILES string of the molecule is O=C(Nc1ccccc1Br)c1cc(-c2ccc(Cl)cc2)n[nH]1. The van der Waals surface area contributed by atoms with Crippen LogP contribution >= 0.6 is 27.5 Å². The molecule has 110 valence electrons. The molecule has 0 bridgehead atoms. The van der Waals surface area contributed by atoms with Gasteiger partial charge in [-0.15, -0.1) is 0 Å². The first kappa shape index (κ1) is 14.8. The Kier molecular flexibility index (Phi) is 4.27. The first-order chi connectivity index (χ1) is 10.6. The minimum atomic E-state index is -0.250. The van der Waals surface area contributed by atoms with E-state index in [1.165, 1.54) is 0 Å². The Balaban J connectivity index is 1.80. The van der Waals surface area contributed by atoms with Gasteiger partial charge < -0.3 is 5.32 Å². The van der Waals surface area contributed by atoms with Crippen molar-refractivity contribution in [2.24, 2.45) is 0 Å². The van der Waals surface area contributed by atoms with E-state index in [1.54, 1.807) is 18.2 Å². The van der Waals surface area contributed by atoms with E-state index in [9.17, 15) is 4.79 Å². The first-order valence-electron chi connectivity index (χ1n) is 6.51. The molecule has 3 aromatic rings. The molecular weight excluding hydrogens is 366 g/mol. The zero-order valence-corrected chi connectivity index (χ0v) is 13.6. The summed E-state index contributed by atoms with van der Waals surface area (Å²) >= 11 is 9.26. The molecule has 0 fully saturated rings. The number of aromatic nitrogens is 2. The predicted octanol–water partition coefficient (Wildman–Crippen LogP) is 4.74. The van der Waals surface area contributed by atoms with Gasteiger partial charge in [-0.25, -0.2) is 0 Å². The van der Waals surface area contributed by atoms with Gasteiger partial charge in [-0.3, -0.25) is 9.89 Å². The molecule has 0 aliphatic heterocycles. The fourth-order valence-electron chi connectivity index (χ4n) is 1.96. The van der Waals surface area contributed by atoms with Crippen molar-refractivity contribution in [1.82, 2.24) is 10.2 Å². The number of nitrogens with one attached hydrogen (secondary N) is 2. The number of aromatic amines is 1. The minimum absolute atomic E-state index is 0.250. The molecule has 0 spiro atoms. The number of carbonyl (C=O) groups is 1. The van der Waals surface area contributed by atoms with Gasteiger partial charge in [0.15, 0.2) is 0 Å². The van der Waals surface area contributed by atoms with Crippen molar-refractivity contribution in [3.05, 3.63) is 69.8 Å². The summed E-state index contributed by atoms with van der Waals surface area (Å²) in [5.41, 5.74) is 2.67. The lowest BCUT2D eigenvalue weighted by atomic mass is 10.1. The van der Waals surface area contributed by atoms with Crippen LogP contribution in [0.1, 0.15) is 10.5 Å². The molecule has 1 heterocycles. The zero-order valence-electron chi connectivity index (χ0n) is 11.3. The second kappa shape index (κ2) is 6.34. The Morgan fingerprint density at radius 3 is 2.59 bits per heavy atom. The number of anilines is 1. The van der Waals surface area contributed by atoms with Crippen LogP contribution in [0.3, 0.4) is 0 Å². The monoisotopic (exact) mass is 375 g/mol. The average Bonchev–Trinajstić information content (AvgIpc) is 3.00. The molecule has 6 heteroatoms. The Morgan fingerprint density at radius 2 is 1.86 bits per heavy atom. The number of halogens is 2. The highest BCUT2D eigenvalue weighted by atomic mass is 79.9. The van der Waals surface area contributed by atoms with E-state index >= 15 is 0 Å². The van der Waals surface area contributed by atoms with Gasteiger partial charge in [0, 0.05) is 15.1 Å². The summed E-state index contributed by atoms with van der Waals surface area (Å²) < 4.78 is 0.820. The molecule has 0 atom stereocenters. The fourth-order valence-corrected chi connectivity index (χ4v) is 2.47. The number of amides is 1. The largest absolute Gasteiger partial charge is 0.320 e. The van der Waals surface area contributed by atoms with Crippen LogP contribution in [0.4, 0.5) is 5.69 Å². The molecule has 1 amide bonds. The fraction of sp³-hybridized carbons (Fsp3) is 0. The molecule has 0 aliphatic rings. The van der Waals surface area contributed by atoms with Crippen LogP contribution in [-0.4, -0.2) is 16.1 Å². The summed E-state index contributed by atoms with van der Waals surface area (Å²) in [7, 11) is 0. The molecule has 2 aromatic carbocycles. The van der Waals surface area contributed by atoms with Crippen LogP contribution in [-0.2, 0) is 0 Å². The van der Waals surface area contributed by atoms with Gasteiger partial charge in [0.25, 0.3) is 5.91 Å². The van der Waals surface area contributed by atoms with E-state index in [1.807, 2.05) is 36.4 Å². The number of H-pyrrole nitrogens is 1. The third-order valence-electron chi connectivity index (χ3n) is 3.08. The van der Waals surface area contributed by atoms with E-state index in [0.29, 0.717) is 22.1 Å². The molecule has 4 nitrogen and oxygen atoms in total. The summed E-state index contributed by atoms with van der Waals surface area (Å²) in [6.45, 7) is 0. The summed E-state index contributed by atoms with van der Waals surface area (Å²) in [4.78, 5) is 12.2. The summed E-state index contributed by atoms with van der Waals surface area (Å²) in [5.74, 6) is -0.250. The Labute approximate surface area is 140 Å². The summed E-state index contributed by atoms with van der Waals surface area (Å²) in [6, 6.07) is 16.4. The van der Waals surface area contributed by atoms with Crippen LogP contribution in [0.15, 0.2) is 59.1 Å². The van der Waals surface area contributed by atoms with Gasteiger partial charge in [-0.1, -0.05) is 35.9 Å². The molecular formula is C16H11BrClN3O. The molecule has 0 unspecified atom stereocenters. The number of hydrogen-bond donors (Lipinski definition) is 2. The van der Waals surface area contributed by atoms with Crippen LogP contribution < -0.4 is 5.32 Å². The standard InChI is InChI=1S/C16H11BrClN3O/c17-12-3-1-2-4-13(12)19-16(22)15-9-14(20-21-15)10-5-7-11(18)8-6-10/h1-9H,(H,19,22)(H,20,21). The highest BCUT2D eigenvalue weighted by Crippen LogP contribution is 2.23. The second-order valence-corrected chi connectivity index (χ2v) is 5.90. The third kappa shape index (κ3) is 3.21. The maximum atomic E-state index is 12.2. The van der Waals surface area contributed by atoms with Gasteiger partial charge in [-0.2, -0.15) is 5.10 Å². The van der Waals surface area contributed by atoms with Gasteiger partial charge in [0.1, 0.15) is 5.69 Å². The van der Waals surface area contributed by atoms with Crippen LogP contribution in [0, 0.1) is 0 Å². The predicted molar refractivity (Wildman–Crippen MR) is 91.1 cm³/mol. The van der Waals surface area contributed by atoms with Gasteiger partial charge >= 0.3 is 0 Å². The number of hydrogen-bond acceptors (Lipinski definition) is 2. The Hall–Kier alpha value is -2.11. The minimum Gasteiger partial charge on any atom is -0.320 e. The number of carbonyl (C=O) groups excluding carboxylic acids is 1. The first-order valence-corrected chi connectivity index (χ1v) is 7.68. The number of rotatable bonds is 3. The third-order valence-corrected chi connectivity index (χ3v) is 4.03. The van der Waals surface area contributed by atoms with E-state index in [4.69, 9.17) is 11.6 Å². The van der Waals surface area contributed by atoms with E-state index < -0.39 is 0 Å². The number of para-hydroxylation sites is 1. The highest BCUT2D eigenvalue weighted by molar-refractivity contribution is 9.10. The molecule has 0 radical (unpaired) electrons.